The fraction of sp³-hybridized carbons (Fsp3) is 0.333. The quantitative estimate of drug-likeness (QED) is 0.639. The molecule has 2 aromatic rings. The van der Waals surface area contributed by atoms with Gasteiger partial charge in [0.15, 0.2) is 0 Å². The molecule has 0 aliphatic heterocycles. The first-order valence-corrected chi connectivity index (χ1v) is 8.43. The molecule has 1 nitrogen and oxygen atoms in total. The molecule has 1 atom stereocenters. The Balaban J connectivity index is 2.07. The van der Waals surface area contributed by atoms with Crippen molar-refractivity contribution in [2.75, 3.05) is 5.32 Å². The monoisotopic (exact) mass is 365 g/mol. The van der Waals surface area contributed by atoms with Gasteiger partial charge in [0.2, 0.25) is 0 Å². The smallest absolute Gasteiger partial charge is 0.0648 e. The SMILES string of the molecule is CC(C)Cc1ccc(C(C)Nc2ccc(Br)cc2Cl)cc1. The molecule has 112 valence electrons. The third-order valence-corrected chi connectivity index (χ3v) is 4.23. The Morgan fingerprint density at radius 1 is 1.05 bits per heavy atom. The van der Waals surface area contributed by atoms with Crippen molar-refractivity contribution in [3.63, 3.8) is 0 Å². The van der Waals surface area contributed by atoms with Gasteiger partial charge in [0.1, 0.15) is 0 Å². The van der Waals surface area contributed by atoms with Gasteiger partial charge in [0, 0.05) is 10.5 Å². The van der Waals surface area contributed by atoms with Crippen LogP contribution in [0, 0.1) is 5.92 Å². The van der Waals surface area contributed by atoms with Crippen molar-refractivity contribution in [1.82, 2.24) is 0 Å². The second kappa shape index (κ2) is 7.33. The summed E-state index contributed by atoms with van der Waals surface area (Å²) >= 11 is 9.67. The number of rotatable bonds is 5. The minimum atomic E-state index is 0.219. The summed E-state index contributed by atoms with van der Waals surface area (Å²) in [6.07, 6.45) is 1.13. The van der Waals surface area contributed by atoms with Crippen LogP contribution in [0.3, 0.4) is 0 Å². The van der Waals surface area contributed by atoms with Gasteiger partial charge in [-0.3, -0.25) is 0 Å². The fourth-order valence-corrected chi connectivity index (χ4v) is 3.06. The minimum absolute atomic E-state index is 0.219. The zero-order chi connectivity index (χ0) is 15.4. The summed E-state index contributed by atoms with van der Waals surface area (Å²) in [6, 6.07) is 14.9. The number of hydrogen-bond donors (Lipinski definition) is 1. The first-order valence-electron chi connectivity index (χ1n) is 7.26. The van der Waals surface area contributed by atoms with E-state index in [2.05, 4.69) is 66.3 Å². The van der Waals surface area contributed by atoms with E-state index in [0.29, 0.717) is 5.92 Å². The number of halogens is 2. The lowest BCUT2D eigenvalue weighted by molar-refractivity contribution is 0.647. The normalized spacial score (nSPS) is 12.5. The van der Waals surface area contributed by atoms with Gasteiger partial charge >= 0.3 is 0 Å². The van der Waals surface area contributed by atoms with Crippen molar-refractivity contribution >= 4 is 33.2 Å². The molecular weight excluding hydrogens is 346 g/mol. The Hall–Kier alpha value is -0.990. The average Bonchev–Trinajstić information content (AvgIpc) is 2.42. The van der Waals surface area contributed by atoms with Gasteiger partial charge in [-0.2, -0.15) is 0 Å². The predicted octanol–water partition coefficient (Wildman–Crippen LogP) is 6.47. The minimum Gasteiger partial charge on any atom is -0.377 e. The molecule has 0 spiro atoms. The van der Waals surface area contributed by atoms with Crippen molar-refractivity contribution in [2.45, 2.75) is 33.2 Å². The molecule has 0 aliphatic carbocycles. The lowest BCUT2D eigenvalue weighted by Crippen LogP contribution is -2.07. The molecule has 0 saturated carbocycles. The Morgan fingerprint density at radius 2 is 1.71 bits per heavy atom. The molecule has 0 saturated heterocycles. The summed E-state index contributed by atoms with van der Waals surface area (Å²) in [4.78, 5) is 0. The third kappa shape index (κ3) is 4.76. The molecule has 0 radical (unpaired) electrons. The van der Waals surface area contributed by atoms with Gasteiger partial charge in [0.05, 0.1) is 10.7 Å². The number of hydrogen-bond acceptors (Lipinski definition) is 1. The van der Waals surface area contributed by atoms with Gasteiger partial charge < -0.3 is 5.32 Å². The van der Waals surface area contributed by atoms with Crippen LogP contribution in [0.5, 0.6) is 0 Å². The molecule has 0 amide bonds. The molecule has 21 heavy (non-hydrogen) atoms. The molecule has 0 fully saturated rings. The average molecular weight is 367 g/mol. The lowest BCUT2D eigenvalue weighted by Gasteiger charge is -2.17. The zero-order valence-electron chi connectivity index (χ0n) is 12.7. The summed E-state index contributed by atoms with van der Waals surface area (Å²) in [5.74, 6) is 0.688. The van der Waals surface area contributed by atoms with E-state index < -0.39 is 0 Å². The van der Waals surface area contributed by atoms with Crippen molar-refractivity contribution < 1.29 is 0 Å². The Morgan fingerprint density at radius 3 is 2.29 bits per heavy atom. The molecular formula is C18H21BrClN. The molecule has 1 N–H and O–H groups in total. The van der Waals surface area contributed by atoms with Gasteiger partial charge in [0.25, 0.3) is 0 Å². The predicted molar refractivity (Wildman–Crippen MR) is 96.2 cm³/mol. The molecule has 1 unspecified atom stereocenters. The van der Waals surface area contributed by atoms with Crippen LogP contribution in [-0.2, 0) is 6.42 Å². The second-order valence-corrected chi connectivity index (χ2v) is 7.15. The summed E-state index contributed by atoms with van der Waals surface area (Å²) in [6.45, 7) is 6.64. The van der Waals surface area contributed by atoms with Crippen LogP contribution in [-0.4, -0.2) is 0 Å². The summed E-state index contributed by atoms with van der Waals surface area (Å²) < 4.78 is 0.990. The van der Waals surface area contributed by atoms with Crippen molar-refractivity contribution in [3.05, 3.63) is 63.1 Å². The summed E-state index contributed by atoms with van der Waals surface area (Å²) in [5.41, 5.74) is 3.61. The summed E-state index contributed by atoms with van der Waals surface area (Å²) in [7, 11) is 0. The van der Waals surface area contributed by atoms with E-state index in [4.69, 9.17) is 11.6 Å². The van der Waals surface area contributed by atoms with Crippen molar-refractivity contribution in [1.29, 1.82) is 0 Å². The van der Waals surface area contributed by atoms with Crippen LogP contribution in [0.15, 0.2) is 46.9 Å². The Labute approximate surface area is 140 Å². The van der Waals surface area contributed by atoms with E-state index in [-0.39, 0.29) is 6.04 Å². The van der Waals surface area contributed by atoms with Gasteiger partial charge in [-0.05, 0) is 48.6 Å². The molecule has 0 bridgehead atoms. The third-order valence-electron chi connectivity index (χ3n) is 3.43. The molecule has 2 aromatic carbocycles. The van der Waals surface area contributed by atoms with E-state index in [0.717, 1.165) is 21.6 Å². The Kier molecular flexibility index (Phi) is 5.72. The molecule has 2 rings (SSSR count). The van der Waals surface area contributed by atoms with E-state index in [1.807, 2.05) is 18.2 Å². The highest BCUT2D eigenvalue weighted by atomic mass is 79.9. The van der Waals surface area contributed by atoms with Gasteiger partial charge in [-0.15, -0.1) is 0 Å². The number of anilines is 1. The van der Waals surface area contributed by atoms with E-state index in [1.165, 1.54) is 11.1 Å². The van der Waals surface area contributed by atoms with Crippen molar-refractivity contribution in [3.8, 4) is 0 Å². The van der Waals surface area contributed by atoms with Crippen LogP contribution in [0.4, 0.5) is 5.69 Å². The highest BCUT2D eigenvalue weighted by Crippen LogP contribution is 2.29. The van der Waals surface area contributed by atoms with Crippen LogP contribution in [0.2, 0.25) is 5.02 Å². The van der Waals surface area contributed by atoms with E-state index in [9.17, 15) is 0 Å². The summed E-state index contributed by atoms with van der Waals surface area (Å²) in [5, 5.41) is 4.19. The zero-order valence-corrected chi connectivity index (χ0v) is 15.0. The van der Waals surface area contributed by atoms with E-state index >= 15 is 0 Å². The maximum absolute atomic E-state index is 6.25. The van der Waals surface area contributed by atoms with Crippen LogP contribution in [0.1, 0.15) is 37.9 Å². The maximum atomic E-state index is 6.25. The van der Waals surface area contributed by atoms with Gasteiger partial charge in [-0.25, -0.2) is 0 Å². The molecule has 0 aliphatic rings. The number of benzene rings is 2. The molecule has 0 heterocycles. The topological polar surface area (TPSA) is 12.0 Å². The molecule has 0 aromatic heterocycles. The second-order valence-electron chi connectivity index (χ2n) is 5.83. The standard InChI is InChI=1S/C18H21BrClN/c1-12(2)10-14-4-6-15(7-5-14)13(3)21-18-9-8-16(19)11-17(18)20/h4-9,11-13,21H,10H2,1-3H3. The lowest BCUT2D eigenvalue weighted by atomic mass is 10.00. The first-order chi connectivity index (χ1) is 9.95. The van der Waals surface area contributed by atoms with Crippen LogP contribution < -0.4 is 5.32 Å². The highest BCUT2D eigenvalue weighted by molar-refractivity contribution is 9.10. The highest BCUT2D eigenvalue weighted by Gasteiger charge is 2.08. The molecule has 3 heteroatoms. The fourth-order valence-electron chi connectivity index (χ4n) is 2.34. The van der Waals surface area contributed by atoms with Crippen LogP contribution in [0.25, 0.3) is 0 Å². The van der Waals surface area contributed by atoms with Crippen LogP contribution >= 0.6 is 27.5 Å². The first kappa shape index (κ1) is 16.4. The van der Waals surface area contributed by atoms with Gasteiger partial charge in [-0.1, -0.05) is 65.6 Å². The number of nitrogens with one attached hydrogen (secondary N) is 1. The largest absolute Gasteiger partial charge is 0.377 e. The van der Waals surface area contributed by atoms with Crippen molar-refractivity contribution in [2.24, 2.45) is 5.92 Å². The van der Waals surface area contributed by atoms with E-state index in [1.54, 1.807) is 0 Å². The Bertz CT molecular complexity index is 593. The maximum Gasteiger partial charge on any atom is 0.0648 e.